The Bertz CT molecular complexity index is 632. The van der Waals surface area contributed by atoms with E-state index in [1.807, 2.05) is 6.92 Å². The first-order valence-electron chi connectivity index (χ1n) is 7.23. The lowest BCUT2D eigenvalue weighted by Gasteiger charge is -2.25. The van der Waals surface area contributed by atoms with Crippen LogP contribution in [0.4, 0.5) is 5.69 Å². The van der Waals surface area contributed by atoms with Crippen molar-refractivity contribution in [2.24, 2.45) is 0 Å². The lowest BCUT2D eigenvalue weighted by Crippen LogP contribution is -2.53. The average molecular weight is 340 g/mol. The summed E-state index contributed by atoms with van der Waals surface area (Å²) in [5.74, 6) is -1.54. The lowest BCUT2D eigenvalue weighted by molar-refractivity contribution is -0.385. The Labute approximate surface area is 138 Å². The number of aliphatic carboxylic acids is 1. The van der Waals surface area contributed by atoms with Crippen LogP contribution in [-0.2, 0) is 9.59 Å². The molecule has 1 amide bonds. The molecule has 9 heteroatoms. The molecule has 1 rings (SSSR count). The van der Waals surface area contributed by atoms with E-state index in [1.54, 1.807) is 0 Å². The van der Waals surface area contributed by atoms with Crippen LogP contribution in [0.15, 0.2) is 18.2 Å². The second-order valence-electron chi connectivity index (χ2n) is 5.31. The van der Waals surface area contributed by atoms with Crippen molar-refractivity contribution < 1.29 is 29.1 Å². The molecule has 24 heavy (non-hydrogen) atoms. The van der Waals surface area contributed by atoms with Crippen LogP contribution in [0, 0.1) is 10.1 Å². The fourth-order valence-corrected chi connectivity index (χ4v) is 2.11. The number of rotatable bonds is 9. The molecular formula is C15H20N2O7. The highest BCUT2D eigenvalue weighted by molar-refractivity contribution is 5.87. The van der Waals surface area contributed by atoms with Gasteiger partial charge in [0, 0.05) is 12.1 Å². The lowest BCUT2D eigenvalue weighted by atomic mass is 9.96. The zero-order valence-corrected chi connectivity index (χ0v) is 13.7. The summed E-state index contributed by atoms with van der Waals surface area (Å²) in [5.41, 5.74) is -1.60. The monoisotopic (exact) mass is 340 g/mol. The van der Waals surface area contributed by atoms with E-state index in [2.05, 4.69) is 5.32 Å². The predicted octanol–water partition coefficient (Wildman–Crippen LogP) is 1.74. The first-order chi connectivity index (χ1) is 11.2. The van der Waals surface area contributed by atoms with Gasteiger partial charge in [-0.25, -0.2) is 4.79 Å². The zero-order chi connectivity index (χ0) is 18.3. The first-order valence-corrected chi connectivity index (χ1v) is 7.23. The molecule has 0 aliphatic rings. The number of hydrogen-bond donors (Lipinski definition) is 2. The minimum atomic E-state index is -1.37. The summed E-state index contributed by atoms with van der Waals surface area (Å²) in [6, 6.07) is 3.81. The van der Waals surface area contributed by atoms with Crippen molar-refractivity contribution in [3.05, 3.63) is 28.3 Å². The van der Waals surface area contributed by atoms with E-state index in [9.17, 15) is 24.8 Å². The van der Waals surface area contributed by atoms with E-state index in [-0.39, 0.29) is 23.6 Å². The van der Waals surface area contributed by atoms with Crippen molar-refractivity contribution in [2.75, 3.05) is 13.7 Å². The van der Waals surface area contributed by atoms with Crippen molar-refractivity contribution in [1.29, 1.82) is 0 Å². The molecule has 0 saturated carbocycles. The minimum Gasteiger partial charge on any atom is -0.490 e. The quantitative estimate of drug-likeness (QED) is 0.517. The van der Waals surface area contributed by atoms with E-state index in [0.29, 0.717) is 6.42 Å². The number of carboxylic acid groups (broad SMARTS) is 1. The number of benzene rings is 1. The van der Waals surface area contributed by atoms with Crippen LogP contribution in [0.5, 0.6) is 11.5 Å². The molecule has 0 aliphatic carbocycles. The van der Waals surface area contributed by atoms with E-state index in [4.69, 9.17) is 9.47 Å². The maximum atomic E-state index is 11.9. The molecule has 1 aromatic rings. The Morgan fingerprint density at radius 2 is 2.08 bits per heavy atom. The van der Waals surface area contributed by atoms with Crippen LogP contribution in [0.1, 0.15) is 26.7 Å². The summed E-state index contributed by atoms with van der Waals surface area (Å²) in [7, 11) is 1.28. The highest BCUT2D eigenvalue weighted by Crippen LogP contribution is 2.30. The Kier molecular flexibility index (Phi) is 6.51. The fraction of sp³-hybridized carbons (Fsp3) is 0.467. The van der Waals surface area contributed by atoms with Crippen molar-refractivity contribution >= 4 is 17.6 Å². The molecule has 1 unspecified atom stereocenters. The third-order valence-corrected chi connectivity index (χ3v) is 3.36. The van der Waals surface area contributed by atoms with Gasteiger partial charge in [0.25, 0.3) is 5.91 Å². The number of methoxy groups -OCH3 is 1. The van der Waals surface area contributed by atoms with Gasteiger partial charge in [-0.15, -0.1) is 0 Å². The summed E-state index contributed by atoms with van der Waals surface area (Å²) in [6.45, 7) is 2.81. The van der Waals surface area contributed by atoms with E-state index >= 15 is 0 Å². The van der Waals surface area contributed by atoms with Crippen molar-refractivity contribution in [2.45, 2.75) is 32.2 Å². The minimum absolute atomic E-state index is 0.000680. The number of nitro benzene ring substituents is 1. The van der Waals surface area contributed by atoms with Gasteiger partial charge in [-0.1, -0.05) is 13.3 Å². The largest absolute Gasteiger partial charge is 0.490 e. The average Bonchev–Trinajstić information content (AvgIpc) is 2.52. The number of carbonyl (C=O) groups is 2. The molecule has 0 radical (unpaired) electrons. The second-order valence-corrected chi connectivity index (χ2v) is 5.31. The summed E-state index contributed by atoms with van der Waals surface area (Å²) in [5, 5.41) is 22.4. The Morgan fingerprint density at radius 1 is 1.42 bits per heavy atom. The molecule has 2 N–H and O–H groups in total. The molecule has 0 spiro atoms. The molecule has 0 bridgehead atoms. The molecule has 0 aromatic heterocycles. The van der Waals surface area contributed by atoms with Crippen LogP contribution < -0.4 is 14.8 Å². The van der Waals surface area contributed by atoms with Gasteiger partial charge in [0.05, 0.1) is 12.0 Å². The molecule has 0 heterocycles. The van der Waals surface area contributed by atoms with Crippen LogP contribution >= 0.6 is 0 Å². The van der Waals surface area contributed by atoms with Gasteiger partial charge in [0.15, 0.2) is 6.61 Å². The molecule has 132 valence electrons. The molecule has 0 fully saturated rings. The van der Waals surface area contributed by atoms with Crippen LogP contribution in [0.25, 0.3) is 0 Å². The maximum absolute atomic E-state index is 11.9. The van der Waals surface area contributed by atoms with Gasteiger partial charge >= 0.3 is 11.7 Å². The molecule has 0 saturated heterocycles. The Balaban J connectivity index is 2.73. The summed E-state index contributed by atoms with van der Waals surface area (Å²) < 4.78 is 10.1. The van der Waals surface area contributed by atoms with Crippen molar-refractivity contribution in [3.63, 3.8) is 0 Å². The number of nitrogens with one attached hydrogen (secondary N) is 1. The van der Waals surface area contributed by atoms with Crippen LogP contribution in [-0.4, -0.2) is 41.2 Å². The third-order valence-electron chi connectivity index (χ3n) is 3.36. The van der Waals surface area contributed by atoms with E-state index < -0.39 is 28.9 Å². The highest BCUT2D eigenvalue weighted by Gasteiger charge is 2.33. The number of ether oxygens (including phenoxy) is 2. The summed E-state index contributed by atoms with van der Waals surface area (Å²) >= 11 is 0. The van der Waals surface area contributed by atoms with Crippen molar-refractivity contribution in [1.82, 2.24) is 5.32 Å². The number of carboxylic acids is 1. The van der Waals surface area contributed by atoms with Gasteiger partial charge in [-0.05, 0) is 19.4 Å². The number of nitro groups is 1. The number of hydrogen-bond acceptors (Lipinski definition) is 6. The molecule has 1 atom stereocenters. The fourth-order valence-electron chi connectivity index (χ4n) is 2.11. The first kappa shape index (κ1) is 19.2. The predicted molar refractivity (Wildman–Crippen MR) is 84.2 cm³/mol. The Morgan fingerprint density at radius 3 is 2.58 bits per heavy atom. The standard InChI is InChI=1S/C15H20N2O7/c1-4-7-15(2,14(19)20)16-13(18)9-24-10-5-6-11(17(21)22)12(8-10)23-3/h5-6,8H,4,7,9H2,1-3H3,(H,16,18)(H,19,20). The third kappa shape index (κ3) is 4.83. The highest BCUT2D eigenvalue weighted by atomic mass is 16.6. The summed E-state index contributed by atoms with van der Waals surface area (Å²) in [4.78, 5) is 33.4. The molecular weight excluding hydrogens is 320 g/mol. The number of amides is 1. The number of carbonyl (C=O) groups excluding carboxylic acids is 1. The van der Waals surface area contributed by atoms with E-state index in [1.165, 1.54) is 32.2 Å². The molecule has 0 aliphatic heterocycles. The topological polar surface area (TPSA) is 128 Å². The molecule has 1 aromatic carbocycles. The van der Waals surface area contributed by atoms with Gasteiger partial charge in [-0.3, -0.25) is 14.9 Å². The normalized spacial score (nSPS) is 12.8. The maximum Gasteiger partial charge on any atom is 0.329 e. The van der Waals surface area contributed by atoms with E-state index in [0.717, 1.165) is 0 Å². The van der Waals surface area contributed by atoms with Crippen LogP contribution in [0.3, 0.4) is 0 Å². The SMILES string of the molecule is CCCC(C)(NC(=O)COc1ccc([N+](=O)[O-])c(OC)c1)C(=O)O. The number of nitrogens with zero attached hydrogens (tertiary/aromatic N) is 1. The smallest absolute Gasteiger partial charge is 0.329 e. The zero-order valence-electron chi connectivity index (χ0n) is 13.7. The van der Waals surface area contributed by atoms with Gasteiger partial charge in [0.2, 0.25) is 5.75 Å². The van der Waals surface area contributed by atoms with Gasteiger partial charge in [-0.2, -0.15) is 0 Å². The van der Waals surface area contributed by atoms with Crippen LogP contribution in [0.2, 0.25) is 0 Å². The van der Waals surface area contributed by atoms with Gasteiger partial charge < -0.3 is 19.9 Å². The molecule has 9 nitrogen and oxygen atoms in total. The summed E-state index contributed by atoms with van der Waals surface area (Å²) in [6.07, 6.45) is 0.864. The van der Waals surface area contributed by atoms with Gasteiger partial charge in [0.1, 0.15) is 11.3 Å². The van der Waals surface area contributed by atoms with Crippen molar-refractivity contribution in [3.8, 4) is 11.5 Å². The second kappa shape index (κ2) is 8.14. The Hall–Kier alpha value is -2.84.